The molecule has 1 aromatic carbocycles. The van der Waals surface area contributed by atoms with Crippen molar-refractivity contribution in [3.05, 3.63) is 29.6 Å². The Hall–Kier alpha value is -1.91. The van der Waals surface area contributed by atoms with Crippen molar-refractivity contribution in [2.24, 2.45) is 0 Å². The van der Waals surface area contributed by atoms with Crippen LogP contribution in [0, 0.1) is 12.7 Å². The molecule has 5 heteroatoms. The minimum atomic E-state index is -0.582. The lowest BCUT2D eigenvalue weighted by atomic mass is 10.2. The first-order valence-corrected chi connectivity index (χ1v) is 6.39. The van der Waals surface area contributed by atoms with E-state index in [1.807, 2.05) is 6.92 Å². The molecule has 1 fully saturated rings. The zero-order valence-corrected chi connectivity index (χ0v) is 11.1. The largest absolute Gasteiger partial charge is 0.373 e. The second kappa shape index (κ2) is 5.38. The molecule has 1 unspecified atom stereocenters. The lowest BCUT2D eigenvalue weighted by Gasteiger charge is -2.15. The second-order valence-electron chi connectivity index (χ2n) is 4.75. The number of benzene rings is 1. The van der Waals surface area contributed by atoms with Gasteiger partial charge in [0.05, 0.1) is 6.42 Å². The predicted molar refractivity (Wildman–Crippen MR) is 70.2 cm³/mol. The number of hydrogen-bond acceptors (Lipinski definition) is 3. The van der Waals surface area contributed by atoms with Gasteiger partial charge < -0.3 is 5.32 Å². The molecule has 4 nitrogen and oxygen atoms in total. The van der Waals surface area contributed by atoms with Crippen LogP contribution in [0.25, 0.3) is 0 Å². The summed E-state index contributed by atoms with van der Waals surface area (Å²) in [7, 11) is 0. The number of carbonyl (C=O) groups excluding carboxylic acids is 2. The van der Waals surface area contributed by atoms with Gasteiger partial charge in [-0.15, -0.1) is 0 Å². The molecule has 0 saturated carbocycles. The maximum absolute atomic E-state index is 13.4. The van der Waals surface area contributed by atoms with Gasteiger partial charge in [-0.3, -0.25) is 14.5 Å². The fourth-order valence-electron chi connectivity index (χ4n) is 2.14. The summed E-state index contributed by atoms with van der Waals surface area (Å²) < 4.78 is 13.4. The molecule has 1 aromatic rings. The molecule has 1 aliphatic heterocycles. The van der Waals surface area contributed by atoms with Crippen LogP contribution in [0.5, 0.6) is 0 Å². The molecule has 102 valence electrons. The van der Waals surface area contributed by atoms with Gasteiger partial charge in [0.1, 0.15) is 11.9 Å². The van der Waals surface area contributed by atoms with E-state index in [-0.39, 0.29) is 24.1 Å². The van der Waals surface area contributed by atoms with Gasteiger partial charge in [0.2, 0.25) is 5.91 Å². The number of anilines is 1. The fourth-order valence-corrected chi connectivity index (χ4v) is 2.14. The molecular weight excluding hydrogens is 247 g/mol. The molecule has 2 rings (SSSR count). The van der Waals surface area contributed by atoms with E-state index in [4.69, 9.17) is 0 Å². The molecule has 1 N–H and O–H groups in total. The van der Waals surface area contributed by atoms with E-state index in [2.05, 4.69) is 5.32 Å². The standard InChI is InChI=1S/C14H17FN2O2/c1-3-6-17-13(18)8-12(14(17)19)16-10-5-4-9(2)11(15)7-10/h4-5,7,12,16H,3,6,8H2,1-2H3. The molecule has 1 atom stereocenters. The van der Waals surface area contributed by atoms with Crippen molar-refractivity contribution < 1.29 is 14.0 Å². The van der Waals surface area contributed by atoms with Gasteiger partial charge in [-0.05, 0) is 31.0 Å². The maximum atomic E-state index is 13.4. The molecule has 2 amide bonds. The van der Waals surface area contributed by atoms with Crippen LogP contribution in [-0.2, 0) is 9.59 Å². The Morgan fingerprint density at radius 3 is 2.79 bits per heavy atom. The average molecular weight is 264 g/mol. The van der Waals surface area contributed by atoms with Crippen LogP contribution in [0.3, 0.4) is 0 Å². The van der Waals surface area contributed by atoms with Crippen molar-refractivity contribution in [3.63, 3.8) is 0 Å². The summed E-state index contributed by atoms with van der Waals surface area (Å²) in [6.45, 7) is 4.03. The normalized spacial score (nSPS) is 19.1. The van der Waals surface area contributed by atoms with E-state index in [0.29, 0.717) is 17.8 Å². The molecular formula is C14H17FN2O2. The van der Waals surface area contributed by atoms with Crippen LogP contribution in [0.15, 0.2) is 18.2 Å². The Morgan fingerprint density at radius 2 is 2.16 bits per heavy atom. The highest BCUT2D eigenvalue weighted by Gasteiger charge is 2.37. The smallest absolute Gasteiger partial charge is 0.252 e. The van der Waals surface area contributed by atoms with Crippen molar-refractivity contribution in [1.82, 2.24) is 4.90 Å². The molecule has 19 heavy (non-hydrogen) atoms. The van der Waals surface area contributed by atoms with E-state index in [0.717, 1.165) is 6.42 Å². The SMILES string of the molecule is CCCN1C(=O)CC(Nc2ccc(C)c(F)c2)C1=O. The van der Waals surface area contributed by atoms with Crippen molar-refractivity contribution >= 4 is 17.5 Å². The van der Waals surface area contributed by atoms with E-state index in [1.54, 1.807) is 19.1 Å². The Bertz CT molecular complexity index is 516. The Balaban J connectivity index is 2.09. The summed E-state index contributed by atoms with van der Waals surface area (Å²) in [5, 5.41) is 2.93. The first kappa shape index (κ1) is 13.5. The molecule has 0 spiro atoms. The highest BCUT2D eigenvalue weighted by Crippen LogP contribution is 2.20. The van der Waals surface area contributed by atoms with Gasteiger partial charge in [-0.2, -0.15) is 0 Å². The molecule has 0 aromatic heterocycles. The molecule has 1 aliphatic rings. The molecule has 0 radical (unpaired) electrons. The minimum absolute atomic E-state index is 0.133. The molecule has 0 aliphatic carbocycles. The number of halogens is 1. The maximum Gasteiger partial charge on any atom is 0.252 e. The van der Waals surface area contributed by atoms with Crippen LogP contribution in [0.1, 0.15) is 25.3 Å². The van der Waals surface area contributed by atoms with Crippen LogP contribution >= 0.6 is 0 Å². The van der Waals surface area contributed by atoms with Crippen LogP contribution < -0.4 is 5.32 Å². The number of hydrogen-bond donors (Lipinski definition) is 1. The predicted octanol–water partition coefficient (Wildman–Crippen LogP) is 2.08. The first-order chi connectivity index (χ1) is 9.02. The third-order valence-corrected chi connectivity index (χ3v) is 3.20. The first-order valence-electron chi connectivity index (χ1n) is 6.39. The van der Waals surface area contributed by atoms with Gasteiger partial charge in [0.25, 0.3) is 5.91 Å². The number of imide groups is 1. The summed E-state index contributed by atoms with van der Waals surface area (Å²) in [4.78, 5) is 25.0. The summed E-state index contributed by atoms with van der Waals surface area (Å²) in [5.74, 6) is -0.725. The summed E-state index contributed by atoms with van der Waals surface area (Å²) in [5.41, 5.74) is 1.07. The van der Waals surface area contributed by atoms with E-state index in [1.165, 1.54) is 11.0 Å². The van der Waals surface area contributed by atoms with Gasteiger partial charge >= 0.3 is 0 Å². The van der Waals surface area contributed by atoms with Crippen LogP contribution in [-0.4, -0.2) is 29.3 Å². The van der Waals surface area contributed by atoms with Crippen molar-refractivity contribution in [3.8, 4) is 0 Å². The van der Waals surface area contributed by atoms with Gasteiger partial charge in [-0.25, -0.2) is 4.39 Å². The highest BCUT2D eigenvalue weighted by molar-refractivity contribution is 6.06. The molecule has 1 heterocycles. The van der Waals surface area contributed by atoms with Crippen LogP contribution in [0.2, 0.25) is 0 Å². The third-order valence-electron chi connectivity index (χ3n) is 3.20. The van der Waals surface area contributed by atoms with Gasteiger partial charge in [-0.1, -0.05) is 13.0 Å². The number of nitrogens with one attached hydrogen (secondary N) is 1. The lowest BCUT2D eigenvalue weighted by Crippen LogP contribution is -2.35. The zero-order chi connectivity index (χ0) is 14.0. The average Bonchev–Trinajstić information content (AvgIpc) is 2.62. The Labute approximate surface area is 111 Å². The van der Waals surface area contributed by atoms with Crippen LogP contribution in [0.4, 0.5) is 10.1 Å². The van der Waals surface area contributed by atoms with Crippen molar-refractivity contribution in [1.29, 1.82) is 0 Å². The lowest BCUT2D eigenvalue weighted by molar-refractivity contribution is -0.138. The monoisotopic (exact) mass is 264 g/mol. The number of likely N-dealkylation sites (tertiary alicyclic amines) is 1. The van der Waals surface area contributed by atoms with Crippen molar-refractivity contribution in [2.75, 3.05) is 11.9 Å². The zero-order valence-electron chi connectivity index (χ0n) is 11.1. The van der Waals surface area contributed by atoms with Crippen molar-refractivity contribution in [2.45, 2.75) is 32.7 Å². The molecule has 1 saturated heterocycles. The quantitative estimate of drug-likeness (QED) is 0.847. The number of carbonyl (C=O) groups is 2. The number of nitrogens with zero attached hydrogens (tertiary/aromatic N) is 1. The van der Waals surface area contributed by atoms with E-state index < -0.39 is 6.04 Å². The Kier molecular flexibility index (Phi) is 3.83. The fraction of sp³-hybridized carbons (Fsp3) is 0.429. The number of aryl methyl sites for hydroxylation is 1. The summed E-state index contributed by atoms with van der Waals surface area (Å²) in [6.07, 6.45) is 0.873. The topological polar surface area (TPSA) is 49.4 Å². The second-order valence-corrected chi connectivity index (χ2v) is 4.75. The van der Waals surface area contributed by atoms with Gasteiger partial charge in [0, 0.05) is 12.2 Å². The number of amides is 2. The minimum Gasteiger partial charge on any atom is -0.373 e. The number of rotatable bonds is 4. The third kappa shape index (κ3) is 2.75. The van der Waals surface area contributed by atoms with E-state index in [9.17, 15) is 14.0 Å². The van der Waals surface area contributed by atoms with Gasteiger partial charge in [0.15, 0.2) is 0 Å². The van der Waals surface area contributed by atoms with E-state index >= 15 is 0 Å². The Morgan fingerprint density at radius 1 is 1.42 bits per heavy atom. The summed E-state index contributed by atoms with van der Waals surface area (Å²) in [6, 6.07) is 4.11. The highest BCUT2D eigenvalue weighted by atomic mass is 19.1. The molecule has 0 bridgehead atoms. The summed E-state index contributed by atoms with van der Waals surface area (Å²) >= 11 is 0.